The number of carbonyl (C=O) groups is 1. The lowest BCUT2D eigenvalue weighted by Gasteiger charge is -2.11. The summed E-state index contributed by atoms with van der Waals surface area (Å²) in [7, 11) is 0. The Hall–Kier alpha value is -1.15. The van der Waals surface area contributed by atoms with E-state index in [1.165, 1.54) is 5.56 Å². The van der Waals surface area contributed by atoms with Gasteiger partial charge in [0.1, 0.15) is 5.78 Å². The Balaban J connectivity index is 2.16. The highest BCUT2D eigenvalue weighted by Crippen LogP contribution is 2.14. The molecule has 1 aromatic carbocycles. The van der Waals surface area contributed by atoms with E-state index in [1.54, 1.807) is 0 Å². The molecule has 0 radical (unpaired) electrons. The summed E-state index contributed by atoms with van der Waals surface area (Å²) in [5, 5.41) is 0. The third kappa shape index (κ3) is 7.12. The van der Waals surface area contributed by atoms with Gasteiger partial charge in [-0.25, -0.2) is 0 Å². The van der Waals surface area contributed by atoms with Crippen molar-refractivity contribution >= 4 is 5.78 Å². The van der Waals surface area contributed by atoms with E-state index < -0.39 is 0 Å². The maximum Gasteiger partial charge on any atom is 0.135 e. The van der Waals surface area contributed by atoms with Crippen molar-refractivity contribution in [2.24, 2.45) is 11.7 Å². The zero-order valence-electron chi connectivity index (χ0n) is 12.3. The van der Waals surface area contributed by atoms with Crippen LogP contribution in [0.2, 0.25) is 0 Å². The molecule has 2 heteroatoms. The fourth-order valence-corrected chi connectivity index (χ4v) is 2.26. The van der Waals surface area contributed by atoms with E-state index in [4.69, 9.17) is 5.73 Å². The van der Waals surface area contributed by atoms with Gasteiger partial charge >= 0.3 is 0 Å². The normalized spacial score (nSPS) is 14.1. The Morgan fingerprint density at radius 1 is 1.11 bits per heavy atom. The average molecular weight is 261 g/mol. The lowest BCUT2D eigenvalue weighted by Crippen LogP contribution is -2.16. The van der Waals surface area contributed by atoms with E-state index in [2.05, 4.69) is 12.1 Å². The van der Waals surface area contributed by atoms with E-state index in [1.807, 2.05) is 32.0 Å². The van der Waals surface area contributed by atoms with Crippen LogP contribution in [0.3, 0.4) is 0 Å². The number of rotatable bonds is 9. The van der Waals surface area contributed by atoms with E-state index in [9.17, 15) is 4.79 Å². The number of nitrogens with two attached hydrogens (primary N) is 1. The van der Waals surface area contributed by atoms with Gasteiger partial charge in [-0.05, 0) is 38.2 Å². The van der Waals surface area contributed by atoms with Gasteiger partial charge in [-0.2, -0.15) is 0 Å². The molecule has 0 saturated heterocycles. The quantitative estimate of drug-likeness (QED) is 0.736. The van der Waals surface area contributed by atoms with Gasteiger partial charge in [-0.1, -0.05) is 43.7 Å². The van der Waals surface area contributed by atoms with Crippen molar-refractivity contribution in [3.05, 3.63) is 35.9 Å². The van der Waals surface area contributed by atoms with E-state index in [0.29, 0.717) is 12.2 Å². The van der Waals surface area contributed by atoms with Crippen LogP contribution >= 0.6 is 0 Å². The minimum atomic E-state index is 0.189. The average Bonchev–Trinajstić information content (AvgIpc) is 2.39. The summed E-state index contributed by atoms with van der Waals surface area (Å²) in [5.74, 6) is 0.593. The van der Waals surface area contributed by atoms with Crippen molar-refractivity contribution in [3.63, 3.8) is 0 Å². The van der Waals surface area contributed by atoms with Crippen LogP contribution < -0.4 is 5.73 Å². The number of hydrogen-bond acceptors (Lipinski definition) is 2. The fourth-order valence-electron chi connectivity index (χ4n) is 2.26. The molecule has 0 saturated carbocycles. The summed E-state index contributed by atoms with van der Waals surface area (Å²) >= 11 is 0. The van der Waals surface area contributed by atoms with Crippen LogP contribution in [0.5, 0.6) is 0 Å². The van der Waals surface area contributed by atoms with Gasteiger partial charge < -0.3 is 5.73 Å². The summed E-state index contributed by atoms with van der Waals surface area (Å²) in [6.45, 7) is 4.07. The predicted molar refractivity (Wildman–Crippen MR) is 81.1 cm³/mol. The topological polar surface area (TPSA) is 43.1 Å². The zero-order chi connectivity index (χ0) is 14.1. The van der Waals surface area contributed by atoms with E-state index >= 15 is 0 Å². The van der Waals surface area contributed by atoms with Crippen LogP contribution in [0.4, 0.5) is 0 Å². The molecule has 0 amide bonds. The van der Waals surface area contributed by atoms with Gasteiger partial charge in [-0.15, -0.1) is 0 Å². The van der Waals surface area contributed by atoms with Crippen molar-refractivity contribution in [3.8, 4) is 0 Å². The summed E-state index contributed by atoms with van der Waals surface area (Å²) in [6.07, 6.45) is 5.71. The van der Waals surface area contributed by atoms with Crippen LogP contribution in [0.1, 0.15) is 51.5 Å². The fraction of sp³-hybridized carbons (Fsp3) is 0.588. The molecule has 0 bridgehead atoms. The molecule has 1 aromatic rings. The monoisotopic (exact) mass is 261 g/mol. The Morgan fingerprint density at radius 3 is 2.42 bits per heavy atom. The highest BCUT2D eigenvalue weighted by Gasteiger charge is 2.12. The third-order valence-corrected chi connectivity index (χ3v) is 3.58. The van der Waals surface area contributed by atoms with Crippen molar-refractivity contribution in [2.75, 3.05) is 0 Å². The Bertz CT molecular complexity index is 359. The first kappa shape index (κ1) is 15.9. The Morgan fingerprint density at radius 2 is 1.79 bits per heavy atom. The second-order valence-electron chi connectivity index (χ2n) is 5.61. The molecule has 0 spiro atoms. The maximum absolute atomic E-state index is 12.0. The lowest BCUT2D eigenvalue weighted by atomic mass is 9.94. The van der Waals surface area contributed by atoms with Crippen LogP contribution in [0.25, 0.3) is 0 Å². The lowest BCUT2D eigenvalue weighted by molar-refractivity contribution is -0.122. The summed E-state index contributed by atoms with van der Waals surface area (Å²) < 4.78 is 0. The molecule has 0 heterocycles. The van der Waals surface area contributed by atoms with Crippen molar-refractivity contribution in [1.82, 2.24) is 0 Å². The number of aryl methyl sites for hydroxylation is 1. The van der Waals surface area contributed by atoms with Crippen LogP contribution in [-0.4, -0.2) is 11.8 Å². The molecular weight excluding hydrogens is 234 g/mol. The van der Waals surface area contributed by atoms with E-state index in [0.717, 1.165) is 32.1 Å². The highest BCUT2D eigenvalue weighted by atomic mass is 16.1. The van der Waals surface area contributed by atoms with Crippen molar-refractivity contribution in [2.45, 2.75) is 58.4 Å². The van der Waals surface area contributed by atoms with Gasteiger partial charge in [0, 0.05) is 18.4 Å². The molecule has 19 heavy (non-hydrogen) atoms. The second-order valence-corrected chi connectivity index (χ2v) is 5.61. The van der Waals surface area contributed by atoms with E-state index in [-0.39, 0.29) is 12.0 Å². The van der Waals surface area contributed by atoms with Gasteiger partial charge in [0.25, 0.3) is 0 Å². The van der Waals surface area contributed by atoms with Crippen LogP contribution in [-0.2, 0) is 11.2 Å². The third-order valence-electron chi connectivity index (χ3n) is 3.58. The first-order chi connectivity index (χ1) is 9.09. The number of benzene rings is 1. The molecule has 1 rings (SSSR count). The molecule has 0 fully saturated rings. The minimum Gasteiger partial charge on any atom is -0.328 e. The predicted octanol–water partition coefficient (Wildman–Crippen LogP) is 3.73. The summed E-state index contributed by atoms with van der Waals surface area (Å²) in [5.41, 5.74) is 7.03. The standard InChI is InChI=1S/C17H27NO/c1-14(8-6-9-15(2)18)17(19)13-7-12-16-10-4-3-5-11-16/h3-5,10-11,14-15H,6-9,12-13,18H2,1-2H3. The Kier molecular flexibility index (Phi) is 7.42. The van der Waals surface area contributed by atoms with Crippen LogP contribution in [0, 0.1) is 5.92 Å². The maximum atomic E-state index is 12.0. The molecule has 106 valence electrons. The minimum absolute atomic E-state index is 0.189. The molecule has 0 aliphatic carbocycles. The largest absolute Gasteiger partial charge is 0.328 e. The molecule has 0 aliphatic rings. The van der Waals surface area contributed by atoms with Gasteiger partial charge in [0.15, 0.2) is 0 Å². The number of Topliss-reactive ketones (excluding diaryl/α,β-unsaturated/α-hetero) is 1. The first-order valence-electron chi connectivity index (χ1n) is 7.42. The number of hydrogen-bond donors (Lipinski definition) is 1. The van der Waals surface area contributed by atoms with Gasteiger partial charge in [0.05, 0.1) is 0 Å². The first-order valence-corrected chi connectivity index (χ1v) is 7.42. The van der Waals surface area contributed by atoms with Gasteiger partial charge in [0.2, 0.25) is 0 Å². The molecule has 0 aliphatic heterocycles. The number of carbonyl (C=O) groups excluding carboxylic acids is 1. The van der Waals surface area contributed by atoms with Crippen molar-refractivity contribution < 1.29 is 4.79 Å². The van der Waals surface area contributed by atoms with Gasteiger partial charge in [-0.3, -0.25) is 4.79 Å². The molecular formula is C17H27NO. The summed E-state index contributed by atoms with van der Waals surface area (Å²) in [4.78, 5) is 12.0. The SMILES string of the molecule is CC(N)CCCC(C)C(=O)CCCc1ccccc1. The van der Waals surface area contributed by atoms with Crippen LogP contribution in [0.15, 0.2) is 30.3 Å². The zero-order valence-corrected chi connectivity index (χ0v) is 12.3. The highest BCUT2D eigenvalue weighted by molar-refractivity contribution is 5.80. The second kappa shape index (κ2) is 8.87. The number of ketones is 1. The molecule has 2 nitrogen and oxygen atoms in total. The molecule has 0 aromatic heterocycles. The Labute approximate surface area is 117 Å². The molecule has 2 atom stereocenters. The smallest absolute Gasteiger partial charge is 0.135 e. The molecule has 2 unspecified atom stereocenters. The molecule has 2 N–H and O–H groups in total. The summed E-state index contributed by atoms with van der Waals surface area (Å²) in [6, 6.07) is 10.6. The van der Waals surface area contributed by atoms with Crippen molar-refractivity contribution in [1.29, 1.82) is 0 Å².